The fourth-order valence-corrected chi connectivity index (χ4v) is 2.77. The molecule has 1 aliphatic rings. The van der Waals surface area contributed by atoms with Crippen LogP contribution in [0.2, 0.25) is 0 Å². The molecule has 0 bridgehead atoms. The number of nitrogens with zero attached hydrogens (tertiary/aromatic N) is 1. The van der Waals surface area contributed by atoms with Gasteiger partial charge in [-0.15, -0.1) is 0 Å². The van der Waals surface area contributed by atoms with Gasteiger partial charge in [0.2, 0.25) is 0 Å². The zero-order chi connectivity index (χ0) is 13.3. The van der Waals surface area contributed by atoms with Crippen LogP contribution in [0.5, 0.6) is 0 Å². The van der Waals surface area contributed by atoms with Crippen molar-refractivity contribution >= 4 is 17.3 Å². The smallest absolute Gasteiger partial charge is 0.250 e. The molecule has 2 rings (SSSR count). The van der Waals surface area contributed by atoms with E-state index in [-0.39, 0.29) is 0 Å². The zero-order valence-corrected chi connectivity index (χ0v) is 11.0. The average Bonchev–Trinajstić information content (AvgIpc) is 2.29. The minimum atomic E-state index is -0.414. The lowest BCUT2D eigenvalue weighted by Crippen LogP contribution is -2.41. The monoisotopic (exact) mass is 247 g/mol. The van der Waals surface area contributed by atoms with E-state index in [1.165, 1.54) is 0 Å². The second-order valence-corrected chi connectivity index (χ2v) is 5.31. The summed E-state index contributed by atoms with van der Waals surface area (Å²) in [5, 5.41) is 0. The predicted octanol–water partition coefficient (Wildman–Crippen LogP) is 1.99. The van der Waals surface area contributed by atoms with Gasteiger partial charge < -0.3 is 16.4 Å². The average molecular weight is 247 g/mol. The van der Waals surface area contributed by atoms with Crippen molar-refractivity contribution in [2.45, 2.75) is 32.7 Å². The van der Waals surface area contributed by atoms with Gasteiger partial charge in [-0.2, -0.15) is 0 Å². The lowest BCUT2D eigenvalue weighted by Gasteiger charge is -2.39. The van der Waals surface area contributed by atoms with E-state index in [9.17, 15) is 4.79 Å². The summed E-state index contributed by atoms with van der Waals surface area (Å²) in [4.78, 5) is 13.8. The Balaban J connectivity index is 2.35. The molecule has 2 atom stereocenters. The van der Waals surface area contributed by atoms with E-state index in [0.717, 1.165) is 31.0 Å². The van der Waals surface area contributed by atoms with E-state index in [4.69, 9.17) is 11.5 Å². The SMILES string of the molecule is CC1CCN(c2ccc(N)cc2C(N)=O)C(C)C1. The number of hydrogen-bond donors (Lipinski definition) is 2. The Morgan fingerprint density at radius 2 is 2.11 bits per heavy atom. The van der Waals surface area contributed by atoms with Crippen molar-refractivity contribution in [1.29, 1.82) is 0 Å². The first kappa shape index (κ1) is 12.7. The first-order chi connectivity index (χ1) is 8.49. The number of piperidine rings is 1. The third kappa shape index (κ3) is 2.42. The van der Waals surface area contributed by atoms with E-state index in [1.54, 1.807) is 6.07 Å². The number of hydrogen-bond acceptors (Lipinski definition) is 3. The molecule has 0 spiro atoms. The molecule has 18 heavy (non-hydrogen) atoms. The third-order valence-corrected chi connectivity index (χ3v) is 3.73. The van der Waals surface area contributed by atoms with Gasteiger partial charge in [0.25, 0.3) is 5.91 Å². The molecule has 0 aliphatic carbocycles. The van der Waals surface area contributed by atoms with Gasteiger partial charge >= 0.3 is 0 Å². The Morgan fingerprint density at radius 3 is 2.72 bits per heavy atom. The first-order valence-electron chi connectivity index (χ1n) is 6.45. The Morgan fingerprint density at radius 1 is 1.39 bits per heavy atom. The molecular weight excluding hydrogens is 226 g/mol. The van der Waals surface area contributed by atoms with Gasteiger partial charge in [-0.1, -0.05) is 6.92 Å². The maximum absolute atomic E-state index is 11.5. The second kappa shape index (κ2) is 4.88. The number of primary amides is 1. The molecule has 1 saturated heterocycles. The zero-order valence-electron chi connectivity index (χ0n) is 11.0. The van der Waals surface area contributed by atoms with Crippen LogP contribution >= 0.6 is 0 Å². The Hall–Kier alpha value is -1.71. The van der Waals surface area contributed by atoms with Crippen molar-refractivity contribution in [3.63, 3.8) is 0 Å². The maximum atomic E-state index is 11.5. The summed E-state index contributed by atoms with van der Waals surface area (Å²) >= 11 is 0. The number of rotatable bonds is 2. The number of carbonyl (C=O) groups is 1. The van der Waals surface area contributed by atoms with Crippen LogP contribution in [-0.4, -0.2) is 18.5 Å². The summed E-state index contributed by atoms with van der Waals surface area (Å²) in [6.45, 7) is 5.43. The summed E-state index contributed by atoms with van der Waals surface area (Å²) < 4.78 is 0. The molecule has 0 saturated carbocycles. The highest BCUT2D eigenvalue weighted by molar-refractivity contribution is 5.99. The summed E-state index contributed by atoms with van der Waals surface area (Å²) in [7, 11) is 0. The first-order valence-corrected chi connectivity index (χ1v) is 6.45. The number of benzene rings is 1. The molecule has 4 heteroatoms. The van der Waals surface area contributed by atoms with Gasteiger partial charge in [-0.25, -0.2) is 0 Å². The predicted molar refractivity (Wildman–Crippen MR) is 74.6 cm³/mol. The van der Waals surface area contributed by atoms with Crippen molar-refractivity contribution in [2.24, 2.45) is 11.7 Å². The minimum Gasteiger partial charge on any atom is -0.399 e. The molecular formula is C14H21N3O. The van der Waals surface area contributed by atoms with E-state index in [1.807, 2.05) is 12.1 Å². The summed E-state index contributed by atoms with van der Waals surface area (Å²) in [6, 6.07) is 5.83. The molecule has 4 nitrogen and oxygen atoms in total. The molecule has 2 unspecified atom stereocenters. The number of carbonyl (C=O) groups excluding carboxylic acids is 1. The van der Waals surface area contributed by atoms with Crippen LogP contribution in [0, 0.1) is 5.92 Å². The number of anilines is 2. The Bertz CT molecular complexity index is 458. The normalized spacial score (nSPS) is 24.0. The van der Waals surface area contributed by atoms with Gasteiger partial charge in [-0.3, -0.25) is 4.79 Å². The van der Waals surface area contributed by atoms with Crippen LogP contribution in [0.4, 0.5) is 11.4 Å². The van der Waals surface area contributed by atoms with Crippen molar-refractivity contribution in [3.8, 4) is 0 Å². The van der Waals surface area contributed by atoms with Gasteiger partial charge in [0, 0.05) is 24.0 Å². The third-order valence-electron chi connectivity index (χ3n) is 3.73. The molecule has 1 amide bonds. The molecule has 4 N–H and O–H groups in total. The standard InChI is InChI=1S/C14H21N3O/c1-9-5-6-17(10(2)7-9)13-4-3-11(15)8-12(13)14(16)18/h3-4,8-10H,5-7,15H2,1-2H3,(H2,16,18). The highest BCUT2D eigenvalue weighted by Crippen LogP contribution is 2.31. The molecule has 98 valence electrons. The van der Waals surface area contributed by atoms with Gasteiger partial charge in [0.1, 0.15) is 0 Å². The minimum absolute atomic E-state index is 0.414. The highest BCUT2D eigenvalue weighted by atomic mass is 16.1. The largest absolute Gasteiger partial charge is 0.399 e. The number of amides is 1. The number of nitrogens with two attached hydrogens (primary N) is 2. The van der Waals surface area contributed by atoms with E-state index in [0.29, 0.717) is 17.3 Å². The fraction of sp³-hybridized carbons (Fsp3) is 0.500. The van der Waals surface area contributed by atoms with Gasteiger partial charge in [0.15, 0.2) is 0 Å². The van der Waals surface area contributed by atoms with E-state index < -0.39 is 5.91 Å². The molecule has 1 heterocycles. The Kier molecular flexibility index (Phi) is 3.45. The number of nitrogen functional groups attached to an aromatic ring is 1. The van der Waals surface area contributed by atoms with Gasteiger partial charge in [0.05, 0.1) is 5.56 Å². The second-order valence-electron chi connectivity index (χ2n) is 5.31. The lowest BCUT2D eigenvalue weighted by atomic mass is 9.92. The molecule has 1 aromatic carbocycles. The molecule has 1 aromatic rings. The fourth-order valence-electron chi connectivity index (χ4n) is 2.77. The maximum Gasteiger partial charge on any atom is 0.250 e. The molecule has 0 aromatic heterocycles. The molecule has 1 fully saturated rings. The highest BCUT2D eigenvalue weighted by Gasteiger charge is 2.25. The van der Waals surface area contributed by atoms with Crippen LogP contribution in [0.3, 0.4) is 0 Å². The molecule has 0 radical (unpaired) electrons. The van der Waals surface area contributed by atoms with Crippen molar-refractivity contribution in [1.82, 2.24) is 0 Å². The summed E-state index contributed by atoms with van der Waals surface area (Å²) in [5.74, 6) is 0.324. The van der Waals surface area contributed by atoms with Crippen LogP contribution in [-0.2, 0) is 0 Å². The molecule has 1 aliphatic heterocycles. The van der Waals surface area contributed by atoms with Crippen molar-refractivity contribution < 1.29 is 4.79 Å². The Labute approximate surface area is 108 Å². The van der Waals surface area contributed by atoms with E-state index in [2.05, 4.69) is 18.7 Å². The van der Waals surface area contributed by atoms with Gasteiger partial charge in [-0.05, 0) is 43.9 Å². The summed E-state index contributed by atoms with van der Waals surface area (Å²) in [6.07, 6.45) is 2.29. The lowest BCUT2D eigenvalue weighted by molar-refractivity contribution is 0.100. The van der Waals surface area contributed by atoms with Crippen molar-refractivity contribution in [2.75, 3.05) is 17.2 Å². The van der Waals surface area contributed by atoms with Crippen LogP contribution in [0.1, 0.15) is 37.0 Å². The van der Waals surface area contributed by atoms with Crippen LogP contribution in [0.15, 0.2) is 18.2 Å². The van der Waals surface area contributed by atoms with E-state index >= 15 is 0 Å². The van der Waals surface area contributed by atoms with Crippen LogP contribution in [0.25, 0.3) is 0 Å². The van der Waals surface area contributed by atoms with Crippen molar-refractivity contribution in [3.05, 3.63) is 23.8 Å². The topological polar surface area (TPSA) is 72.3 Å². The van der Waals surface area contributed by atoms with Crippen LogP contribution < -0.4 is 16.4 Å². The quantitative estimate of drug-likeness (QED) is 0.785. The summed E-state index contributed by atoms with van der Waals surface area (Å²) in [5.41, 5.74) is 13.2.